The Labute approximate surface area is 43.5 Å². The Kier molecular flexibility index (Phi) is 4.54. The van der Waals surface area contributed by atoms with Crippen LogP contribution in [0.2, 0.25) is 0 Å². The van der Waals surface area contributed by atoms with Gasteiger partial charge in [0, 0.05) is 19.9 Å². The standard InChI is InChI=1S/C5H7N2/c1-7-5-3-2-4-6/h2-3H2,1H3. The summed E-state index contributed by atoms with van der Waals surface area (Å²) in [5.41, 5.74) is 0. The summed E-state index contributed by atoms with van der Waals surface area (Å²) in [5.74, 6) is 0. The molecule has 0 aliphatic heterocycles. The fraction of sp³-hybridized carbons (Fsp3) is 0.600. The third kappa shape index (κ3) is 5.16. The Balaban J connectivity index is 2.87. The molecular formula is C5H7N2. The van der Waals surface area contributed by atoms with Crippen LogP contribution in [0.4, 0.5) is 0 Å². The zero-order valence-corrected chi connectivity index (χ0v) is 4.31. The summed E-state index contributed by atoms with van der Waals surface area (Å²) >= 11 is 0. The van der Waals surface area contributed by atoms with Gasteiger partial charge in [0.25, 0.3) is 0 Å². The normalized spacial score (nSPS) is 9.14. The van der Waals surface area contributed by atoms with Crippen LogP contribution in [0.5, 0.6) is 0 Å². The lowest BCUT2D eigenvalue weighted by atomic mass is 10.4. The first-order valence-corrected chi connectivity index (χ1v) is 2.10. The van der Waals surface area contributed by atoms with Crippen LogP contribution < -0.4 is 0 Å². The highest BCUT2D eigenvalue weighted by Gasteiger charge is 1.74. The summed E-state index contributed by atoms with van der Waals surface area (Å²) in [7, 11) is 1.65. The molecule has 0 spiro atoms. The molecule has 0 aliphatic rings. The van der Waals surface area contributed by atoms with Crippen molar-refractivity contribution in [1.29, 1.82) is 5.26 Å². The predicted molar refractivity (Wildman–Crippen MR) is 28.2 cm³/mol. The Morgan fingerprint density at radius 2 is 2.29 bits per heavy atom. The van der Waals surface area contributed by atoms with E-state index in [1.807, 2.05) is 6.07 Å². The topological polar surface area (TPSA) is 36.1 Å². The van der Waals surface area contributed by atoms with Crippen molar-refractivity contribution in [2.75, 3.05) is 7.05 Å². The highest BCUT2D eigenvalue weighted by atomic mass is 14.6. The van der Waals surface area contributed by atoms with Crippen molar-refractivity contribution >= 4 is 6.21 Å². The van der Waals surface area contributed by atoms with Crippen molar-refractivity contribution in [2.45, 2.75) is 12.8 Å². The molecule has 0 aromatic carbocycles. The third-order valence-electron chi connectivity index (χ3n) is 0.507. The summed E-state index contributed by atoms with van der Waals surface area (Å²) in [6, 6.07) is 1.98. The summed E-state index contributed by atoms with van der Waals surface area (Å²) in [4.78, 5) is 3.57. The Bertz CT molecular complexity index is 88.7. The molecule has 0 bridgehead atoms. The number of hydrogen-bond donors (Lipinski definition) is 0. The lowest BCUT2D eigenvalue weighted by Gasteiger charge is -1.72. The van der Waals surface area contributed by atoms with Crippen molar-refractivity contribution in [2.24, 2.45) is 4.99 Å². The minimum absolute atomic E-state index is 0.525. The molecule has 0 aromatic heterocycles. The largest absolute Gasteiger partial charge is 0.291 e. The fourth-order valence-electron chi connectivity index (χ4n) is 0.224. The maximum absolute atomic E-state index is 7.96. The molecule has 0 saturated carbocycles. The van der Waals surface area contributed by atoms with E-state index in [-0.39, 0.29) is 0 Å². The van der Waals surface area contributed by atoms with Crippen molar-refractivity contribution in [1.82, 2.24) is 0 Å². The summed E-state index contributed by atoms with van der Waals surface area (Å²) in [6.45, 7) is 0. The Morgan fingerprint density at radius 1 is 1.57 bits per heavy atom. The first-order chi connectivity index (χ1) is 3.41. The van der Waals surface area contributed by atoms with Gasteiger partial charge < -0.3 is 0 Å². The van der Waals surface area contributed by atoms with E-state index in [2.05, 4.69) is 11.2 Å². The van der Waals surface area contributed by atoms with E-state index in [4.69, 9.17) is 5.26 Å². The molecule has 0 rings (SSSR count). The molecule has 0 aliphatic carbocycles. The van der Waals surface area contributed by atoms with E-state index in [1.54, 1.807) is 7.05 Å². The third-order valence-corrected chi connectivity index (χ3v) is 0.507. The fourth-order valence-corrected chi connectivity index (χ4v) is 0.224. The van der Waals surface area contributed by atoms with E-state index in [0.29, 0.717) is 12.8 Å². The molecule has 0 atom stereocenters. The molecule has 0 amide bonds. The van der Waals surface area contributed by atoms with Crippen molar-refractivity contribution < 1.29 is 0 Å². The number of hydrogen-bond acceptors (Lipinski definition) is 2. The number of nitriles is 1. The monoisotopic (exact) mass is 95.1 g/mol. The molecule has 0 saturated heterocycles. The van der Waals surface area contributed by atoms with E-state index in [0.717, 1.165) is 0 Å². The van der Waals surface area contributed by atoms with E-state index in [1.165, 1.54) is 0 Å². The van der Waals surface area contributed by atoms with Gasteiger partial charge in [0.05, 0.1) is 12.3 Å². The molecule has 2 nitrogen and oxygen atoms in total. The maximum atomic E-state index is 7.96. The number of nitrogens with zero attached hydrogens (tertiary/aromatic N) is 2. The first kappa shape index (κ1) is 6.16. The van der Waals surface area contributed by atoms with Gasteiger partial charge in [-0.25, -0.2) is 0 Å². The second-order valence-corrected chi connectivity index (χ2v) is 1.04. The molecule has 0 aromatic rings. The molecule has 0 unspecified atom stereocenters. The Hall–Kier alpha value is -0.840. The quantitative estimate of drug-likeness (QED) is 0.370. The maximum Gasteiger partial charge on any atom is 0.0625 e. The molecule has 0 heterocycles. The van der Waals surface area contributed by atoms with Gasteiger partial charge >= 0.3 is 0 Å². The van der Waals surface area contributed by atoms with Crippen LogP contribution in [0.25, 0.3) is 0 Å². The average molecular weight is 95.1 g/mol. The zero-order valence-electron chi connectivity index (χ0n) is 4.31. The van der Waals surface area contributed by atoms with E-state index >= 15 is 0 Å². The second-order valence-electron chi connectivity index (χ2n) is 1.04. The van der Waals surface area contributed by atoms with E-state index in [9.17, 15) is 0 Å². The molecule has 37 valence electrons. The molecular weight excluding hydrogens is 88.1 g/mol. The molecule has 7 heavy (non-hydrogen) atoms. The van der Waals surface area contributed by atoms with Crippen molar-refractivity contribution in [3.63, 3.8) is 0 Å². The smallest absolute Gasteiger partial charge is 0.0625 e. The van der Waals surface area contributed by atoms with Crippen LogP contribution in [0.1, 0.15) is 12.8 Å². The minimum Gasteiger partial charge on any atom is -0.291 e. The van der Waals surface area contributed by atoms with Crippen LogP contribution in [0.15, 0.2) is 4.99 Å². The van der Waals surface area contributed by atoms with E-state index < -0.39 is 0 Å². The van der Waals surface area contributed by atoms with Gasteiger partial charge in [0.15, 0.2) is 0 Å². The van der Waals surface area contributed by atoms with Gasteiger partial charge in [0.1, 0.15) is 0 Å². The number of aliphatic imine (C=N–C) groups is 1. The predicted octanol–water partition coefficient (Wildman–Crippen LogP) is 0.868. The van der Waals surface area contributed by atoms with Crippen molar-refractivity contribution in [3.8, 4) is 6.07 Å². The molecule has 0 fully saturated rings. The van der Waals surface area contributed by atoms with Crippen LogP contribution in [-0.4, -0.2) is 13.3 Å². The summed E-state index contributed by atoms with van der Waals surface area (Å²) < 4.78 is 0. The van der Waals surface area contributed by atoms with Gasteiger partial charge in [-0.1, -0.05) is 0 Å². The van der Waals surface area contributed by atoms with Crippen LogP contribution in [0, 0.1) is 11.3 Å². The van der Waals surface area contributed by atoms with Gasteiger partial charge in [0.2, 0.25) is 0 Å². The number of unbranched alkanes of at least 4 members (excludes halogenated alkanes) is 1. The van der Waals surface area contributed by atoms with Crippen LogP contribution in [0.3, 0.4) is 0 Å². The first-order valence-electron chi connectivity index (χ1n) is 2.10. The SMILES string of the molecule is C/N=[C]\CCC#N. The Morgan fingerprint density at radius 3 is 2.71 bits per heavy atom. The summed E-state index contributed by atoms with van der Waals surface area (Å²) in [6.07, 6.45) is 3.84. The van der Waals surface area contributed by atoms with Crippen LogP contribution >= 0.6 is 0 Å². The lowest BCUT2D eigenvalue weighted by molar-refractivity contribution is 1.12. The lowest BCUT2D eigenvalue weighted by Crippen LogP contribution is -1.70. The van der Waals surface area contributed by atoms with Crippen molar-refractivity contribution in [3.05, 3.63) is 0 Å². The number of rotatable bonds is 2. The molecule has 2 heteroatoms. The zero-order chi connectivity index (χ0) is 5.54. The molecule has 1 radical (unpaired) electrons. The summed E-state index contributed by atoms with van der Waals surface area (Å²) in [5, 5.41) is 7.96. The highest BCUT2D eigenvalue weighted by molar-refractivity contribution is 5.57. The highest BCUT2D eigenvalue weighted by Crippen LogP contribution is 1.78. The second kappa shape index (κ2) is 5.16. The van der Waals surface area contributed by atoms with Gasteiger partial charge in [-0.15, -0.1) is 0 Å². The minimum atomic E-state index is 0.525. The van der Waals surface area contributed by atoms with Crippen LogP contribution in [-0.2, 0) is 0 Å². The van der Waals surface area contributed by atoms with Gasteiger partial charge in [-0.2, -0.15) is 5.26 Å². The average Bonchev–Trinajstić information content (AvgIpc) is 1.69. The van der Waals surface area contributed by atoms with Gasteiger partial charge in [-0.3, -0.25) is 4.99 Å². The molecule has 0 N–H and O–H groups in total. The van der Waals surface area contributed by atoms with Gasteiger partial charge in [-0.05, 0) is 0 Å².